The van der Waals surface area contributed by atoms with Crippen LogP contribution in [0.3, 0.4) is 0 Å². The van der Waals surface area contributed by atoms with Crippen LogP contribution in [0.1, 0.15) is 32.7 Å². The van der Waals surface area contributed by atoms with Crippen LogP contribution < -0.4 is 16.0 Å². The fourth-order valence-electron chi connectivity index (χ4n) is 2.24. The van der Waals surface area contributed by atoms with E-state index in [1.54, 1.807) is 11.3 Å². The number of thiazole rings is 1. The van der Waals surface area contributed by atoms with Crippen LogP contribution in [0.5, 0.6) is 0 Å². The molecule has 2 rings (SSSR count). The lowest BCUT2D eigenvalue weighted by Gasteiger charge is -2.20. The van der Waals surface area contributed by atoms with Gasteiger partial charge >= 0.3 is 0 Å². The smallest absolute Gasteiger partial charge is 0.242 e. The molecule has 0 fully saturated rings. The Morgan fingerprint density at radius 2 is 1.89 bits per heavy atom. The predicted octanol–water partition coefficient (Wildman–Crippen LogP) is 3.40. The Hall–Kier alpha value is -1.68. The van der Waals surface area contributed by atoms with E-state index >= 15 is 0 Å². The molecular formula is C19H28IN5OS. The molecule has 0 saturated carbocycles. The molecule has 0 aliphatic carbocycles. The average Bonchev–Trinajstić information content (AvgIpc) is 3.05. The largest absolute Gasteiger partial charge is 0.357 e. The van der Waals surface area contributed by atoms with Crippen molar-refractivity contribution in [2.24, 2.45) is 4.99 Å². The number of benzene rings is 1. The molecule has 8 heteroatoms. The lowest BCUT2D eigenvalue weighted by Crippen LogP contribution is -2.43. The Morgan fingerprint density at radius 1 is 1.19 bits per heavy atom. The fourth-order valence-corrected chi connectivity index (χ4v) is 2.99. The Morgan fingerprint density at radius 3 is 2.52 bits per heavy atom. The Balaban J connectivity index is 0.00000364. The highest BCUT2D eigenvalue weighted by atomic mass is 127. The number of nitrogens with one attached hydrogen (secondary N) is 3. The van der Waals surface area contributed by atoms with E-state index in [9.17, 15) is 4.79 Å². The average molecular weight is 501 g/mol. The number of carbonyl (C=O) groups excluding carboxylic acids is 1. The minimum absolute atomic E-state index is 0. The molecule has 0 aliphatic rings. The summed E-state index contributed by atoms with van der Waals surface area (Å²) in [6, 6.07) is 10.1. The van der Waals surface area contributed by atoms with Gasteiger partial charge in [0.05, 0.1) is 12.2 Å². The van der Waals surface area contributed by atoms with Crippen LogP contribution in [-0.4, -0.2) is 35.5 Å². The second-order valence-electron chi connectivity index (χ2n) is 6.84. The van der Waals surface area contributed by atoms with Crippen LogP contribution in [0.15, 0.2) is 40.7 Å². The van der Waals surface area contributed by atoms with Crippen molar-refractivity contribution < 1.29 is 4.79 Å². The first-order chi connectivity index (χ1) is 12.4. The zero-order valence-electron chi connectivity index (χ0n) is 16.2. The fraction of sp³-hybridized carbons (Fsp3) is 0.421. The first kappa shape index (κ1) is 23.4. The van der Waals surface area contributed by atoms with E-state index in [2.05, 4.69) is 25.9 Å². The SMILES string of the molecule is CCNC(=NCC(=O)NC(C)(C)C)NCc1nc(-c2ccccc2)cs1.I. The Bertz CT molecular complexity index is 740. The number of guanidine groups is 1. The van der Waals surface area contributed by atoms with Gasteiger partial charge in [-0.05, 0) is 27.7 Å². The number of hydrogen-bond donors (Lipinski definition) is 3. The minimum atomic E-state index is -0.257. The normalized spacial score (nSPS) is 11.5. The Kier molecular flexibility index (Phi) is 9.71. The number of amides is 1. The van der Waals surface area contributed by atoms with Crippen LogP contribution in [-0.2, 0) is 11.3 Å². The number of hydrogen-bond acceptors (Lipinski definition) is 4. The summed E-state index contributed by atoms with van der Waals surface area (Å²) in [5.74, 6) is 0.503. The van der Waals surface area contributed by atoms with Crippen molar-refractivity contribution in [1.29, 1.82) is 0 Å². The predicted molar refractivity (Wildman–Crippen MR) is 124 cm³/mol. The highest BCUT2D eigenvalue weighted by Gasteiger charge is 2.13. The number of nitrogens with zero attached hydrogens (tertiary/aromatic N) is 2. The topological polar surface area (TPSA) is 78.4 Å². The molecule has 1 aromatic heterocycles. The standard InChI is InChI=1S/C19H27N5OS.HI/c1-5-20-18(21-11-16(25)24-19(2,3)4)22-12-17-23-15(13-26-17)14-9-7-6-8-10-14;/h6-10,13H,5,11-12H2,1-4H3,(H,24,25)(H2,20,21,22);1H. The van der Waals surface area contributed by atoms with Crippen molar-refractivity contribution in [1.82, 2.24) is 20.9 Å². The summed E-state index contributed by atoms with van der Waals surface area (Å²) in [6.07, 6.45) is 0. The molecule has 0 radical (unpaired) electrons. The number of carbonyl (C=O) groups is 1. The van der Waals surface area contributed by atoms with E-state index < -0.39 is 0 Å². The quantitative estimate of drug-likeness (QED) is 0.322. The van der Waals surface area contributed by atoms with Crippen molar-refractivity contribution >= 4 is 47.2 Å². The Labute approximate surface area is 182 Å². The molecule has 1 heterocycles. The summed E-state index contributed by atoms with van der Waals surface area (Å²) in [5, 5.41) is 12.3. The zero-order chi connectivity index (χ0) is 19.0. The van der Waals surface area contributed by atoms with Gasteiger partial charge in [0.25, 0.3) is 0 Å². The van der Waals surface area contributed by atoms with Gasteiger partial charge in [0.1, 0.15) is 11.6 Å². The highest BCUT2D eigenvalue weighted by molar-refractivity contribution is 14.0. The van der Waals surface area contributed by atoms with Gasteiger partial charge in [0, 0.05) is 23.0 Å². The van der Waals surface area contributed by atoms with Crippen LogP contribution >= 0.6 is 35.3 Å². The molecule has 0 bridgehead atoms. The van der Waals surface area contributed by atoms with Gasteiger partial charge in [-0.3, -0.25) is 4.79 Å². The van der Waals surface area contributed by atoms with Crippen LogP contribution in [0.2, 0.25) is 0 Å². The highest BCUT2D eigenvalue weighted by Crippen LogP contribution is 2.21. The van der Waals surface area contributed by atoms with Gasteiger partial charge in [0.15, 0.2) is 5.96 Å². The van der Waals surface area contributed by atoms with E-state index in [0.29, 0.717) is 12.5 Å². The molecule has 27 heavy (non-hydrogen) atoms. The first-order valence-corrected chi connectivity index (χ1v) is 9.58. The van der Waals surface area contributed by atoms with Crippen molar-refractivity contribution in [3.63, 3.8) is 0 Å². The van der Waals surface area contributed by atoms with E-state index in [1.165, 1.54) is 0 Å². The minimum Gasteiger partial charge on any atom is -0.357 e. The molecule has 2 aromatic rings. The van der Waals surface area contributed by atoms with Crippen LogP contribution in [0.4, 0.5) is 0 Å². The third kappa shape index (κ3) is 8.70. The summed E-state index contributed by atoms with van der Waals surface area (Å²) in [6.45, 7) is 9.20. The van der Waals surface area contributed by atoms with Crippen molar-refractivity contribution in [3.8, 4) is 11.3 Å². The van der Waals surface area contributed by atoms with Crippen molar-refractivity contribution in [2.75, 3.05) is 13.1 Å². The maximum Gasteiger partial charge on any atom is 0.242 e. The third-order valence-electron chi connectivity index (χ3n) is 3.27. The second-order valence-corrected chi connectivity index (χ2v) is 7.78. The van der Waals surface area contributed by atoms with E-state index in [-0.39, 0.29) is 42.0 Å². The number of aliphatic imine (C=N–C) groups is 1. The number of aromatic nitrogens is 1. The van der Waals surface area contributed by atoms with Gasteiger partial charge < -0.3 is 16.0 Å². The maximum atomic E-state index is 11.9. The van der Waals surface area contributed by atoms with Gasteiger partial charge in [-0.1, -0.05) is 30.3 Å². The molecule has 0 unspecified atom stereocenters. The summed E-state index contributed by atoms with van der Waals surface area (Å²) >= 11 is 1.60. The molecular weight excluding hydrogens is 473 g/mol. The molecule has 0 atom stereocenters. The van der Waals surface area contributed by atoms with Gasteiger partial charge in [-0.15, -0.1) is 35.3 Å². The van der Waals surface area contributed by atoms with Gasteiger partial charge in [-0.25, -0.2) is 9.98 Å². The van der Waals surface area contributed by atoms with Crippen molar-refractivity contribution in [2.45, 2.75) is 39.8 Å². The van der Waals surface area contributed by atoms with Crippen LogP contribution in [0.25, 0.3) is 11.3 Å². The number of halogens is 1. The summed E-state index contributed by atoms with van der Waals surface area (Å²) < 4.78 is 0. The van der Waals surface area contributed by atoms with E-state index in [4.69, 9.17) is 0 Å². The molecule has 1 amide bonds. The molecule has 3 N–H and O–H groups in total. The monoisotopic (exact) mass is 501 g/mol. The molecule has 0 saturated heterocycles. The maximum absolute atomic E-state index is 11.9. The number of rotatable bonds is 6. The molecule has 0 spiro atoms. The van der Waals surface area contributed by atoms with Gasteiger partial charge in [-0.2, -0.15) is 0 Å². The van der Waals surface area contributed by atoms with E-state index in [0.717, 1.165) is 22.8 Å². The zero-order valence-corrected chi connectivity index (χ0v) is 19.4. The van der Waals surface area contributed by atoms with E-state index in [1.807, 2.05) is 63.4 Å². The molecule has 1 aromatic carbocycles. The second kappa shape index (κ2) is 11.2. The first-order valence-electron chi connectivity index (χ1n) is 8.70. The third-order valence-corrected chi connectivity index (χ3v) is 4.12. The summed E-state index contributed by atoms with van der Waals surface area (Å²) in [4.78, 5) is 20.9. The molecule has 148 valence electrons. The lowest BCUT2D eigenvalue weighted by atomic mass is 10.1. The summed E-state index contributed by atoms with van der Waals surface area (Å²) in [7, 11) is 0. The lowest BCUT2D eigenvalue weighted by molar-refractivity contribution is -0.121. The molecule has 0 aliphatic heterocycles. The molecule has 6 nitrogen and oxygen atoms in total. The van der Waals surface area contributed by atoms with Crippen LogP contribution in [0, 0.1) is 0 Å². The summed E-state index contributed by atoms with van der Waals surface area (Å²) in [5.41, 5.74) is 1.82. The van der Waals surface area contributed by atoms with Crippen molar-refractivity contribution in [3.05, 3.63) is 40.7 Å². The van der Waals surface area contributed by atoms with Gasteiger partial charge in [0.2, 0.25) is 5.91 Å².